The molecule has 2 heterocycles. The first kappa shape index (κ1) is 15.3. The quantitative estimate of drug-likeness (QED) is 0.859. The van der Waals surface area contributed by atoms with Crippen molar-refractivity contribution in [1.29, 1.82) is 0 Å². The highest BCUT2D eigenvalue weighted by Crippen LogP contribution is 2.28. The molecule has 1 unspecified atom stereocenters. The minimum absolute atomic E-state index is 0.187. The molecule has 21 heavy (non-hydrogen) atoms. The Kier molecular flexibility index (Phi) is 5.53. The van der Waals surface area contributed by atoms with Crippen LogP contribution in [0.25, 0.3) is 0 Å². The van der Waals surface area contributed by atoms with Crippen molar-refractivity contribution in [2.75, 3.05) is 39.3 Å². The second-order valence-corrected chi connectivity index (χ2v) is 7.06. The predicted octanol–water partition coefficient (Wildman–Crippen LogP) is 1.85. The van der Waals surface area contributed by atoms with Gasteiger partial charge in [0.05, 0.1) is 6.04 Å². The van der Waals surface area contributed by atoms with Gasteiger partial charge in [-0.3, -0.25) is 9.69 Å². The van der Waals surface area contributed by atoms with Crippen molar-refractivity contribution in [2.45, 2.75) is 57.4 Å². The Morgan fingerprint density at radius 2 is 1.71 bits per heavy atom. The summed E-state index contributed by atoms with van der Waals surface area (Å²) in [6.45, 7) is 5.99. The topological polar surface area (TPSA) is 35.6 Å². The number of nitrogens with one attached hydrogen (secondary N) is 1. The van der Waals surface area contributed by atoms with Crippen LogP contribution in [0.1, 0.15) is 51.4 Å². The van der Waals surface area contributed by atoms with Crippen LogP contribution in [0.3, 0.4) is 0 Å². The van der Waals surface area contributed by atoms with E-state index < -0.39 is 0 Å². The highest BCUT2D eigenvalue weighted by molar-refractivity contribution is 5.82. The fraction of sp³-hybridized carbons (Fsp3) is 0.941. The van der Waals surface area contributed by atoms with E-state index in [4.69, 9.17) is 0 Å². The van der Waals surface area contributed by atoms with E-state index in [9.17, 15) is 4.79 Å². The number of piperazine rings is 1. The molecule has 3 aliphatic rings. The largest absolute Gasteiger partial charge is 0.339 e. The molecule has 0 radical (unpaired) electrons. The number of rotatable bonds is 4. The summed E-state index contributed by atoms with van der Waals surface area (Å²) in [6.07, 6.45) is 10.7. The van der Waals surface area contributed by atoms with Gasteiger partial charge in [-0.25, -0.2) is 0 Å². The maximum Gasteiger partial charge on any atom is 0.240 e. The molecular weight excluding hydrogens is 262 g/mol. The molecule has 3 rings (SSSR count). The van der Waals surface area contributed by atoms with Gasteiger partial charge in [0.1, 0.15) is 0 Å². The third-order valence-corrected chi connectivity index (χ3v) is 5.63. The number of nitrogens with zero attached hydrogens (tertiary/aromatic N) is 2. The zero-order valence-electron chi connectivity index (χ0n) is 13.4. The Labute approximate surface area is 129 Å². The molecule has 0 spiro atoms. The van der Waals surface area contributed by atoms with Crippen molar-refractivity contribution in [1.82, 2.24) is 15.1 Å². The van der Waals surface area contributed by atoms with E-state index in [1.54, 1.807) is 0 Å². The lowest BCUT2D eigenvalue weighted by Gasteiger charge is -2.33. The number of carbonyl (C=O) groups excluding carboxylic acids is 1. The highest BCUT2D eigenvalue weighted by Gasteiger charge is 2.34. The minimum Gasteiger partial charge on any atom is -0.339 e. The predicted molar refractivity (Wildman–Crippen MR) is 85.2 cm³/mol. The van der Waals surface area contributed by atoms with E-state index in [1.165, 1.54) is 44.9 Å². The van der Waals surface area contributed by atoms with Crippen molar-refractivity contribution < 1.29 is 4.79 Å². The normalized spacial score (nSPS) is 29.0. The molecule has 3 fully saturated rings. The summed E-state index contributed by atoms with van der Waals surface area (Å²) in [4.78, 5) is 17.3. The van der Waals surface area contributed by atoms with E-state index in [1.807, 2.05) is 0 Å². The standard InChI is InChI=1S/C17H31N3O/c21-17(20-13-9-18-10-14-20)16-7-4-11-19(16)12-8-15-5-2-1-3-6-15/h15-16,18H,1-14H2. The molecule has 0 aromatic carbocycles. The van der Waals surface area contributed by atoms with Crippen molar-refractivity contribution in [2.24, 2.45) is 5.92 Å². The van der Waals surface area contributed by atoms with Crippen molar-refractivity contribution in [3.63, 3.8) is 0 Å². The summed E-state index contributed by atoms with van der Waals surface area (Å²) in [6, 6.07) is 0.187. The molecule has 4 heteroatoms. The first-order valence-corrected chi connectivity index (χ1v) is 9.08. The van der Waals surface area contributed by atoms with Gasteiger partial charge in [-0.1, -0.05) is 32.1 Å². The average Bonchev–Trinajstić information content (AvgIpc) is 3.02. The SMILES string of the molecule is O=C(C1CCCN1CCC1CCCCC1)N1CCNCC1. The first-order valence-electron chi connectivity index (χ1n) is 9.08. The fourth-order valence-corrected chi connectivity index (χ4v) is 4.29. The maximum absolute atomic E-state index is 12.7. The summed E-state index contributed by atoms with van der Waals surface area (Å²) in [7, 11) is 0. The summed E-state index contributed by atoms with van der Waals surface area (Å²) in [5.41, 5.74) is 0. The lowest BCUT2D eigenvalue weighted by Crippen LogP contribution is -2.52. The summed E-state index contributed by atoms with van der Waals surface area (Å²) >= 11 is 0. The molecular formula is C17H31N3O. The van der Waals surface area contributed by atoms with Gasteiger partial charge in [0, 0.05) is 26.2 Å². The molecule has 0 aromatic heterocycles. The number of hydrogen-bond acceptors (Lipinski definition) is 3. The van der Waals surface area contributed by atoms with Gasteiger partial charge in [-0.15, -0.1) is 0 Å². The Morgan fingerprint density at radius 1 is 0.952 bits per heavy atom. The molecule has 1 aliphatic carbocycles. The Morgan fingerprint density at radius 3 is 2.48 bits per heavy atom. The van der Waals surface area contributed by atoms with Gasteiger partial charge in [0.2, 0.25) is 5.91 Å². The molecule has 0 aromatic rings. The first-order chi connectivity index (χ1) is 10.3. The average molecular weight is 293 g/mol. The van der Waals surface area contributed by atoms with Gasteiger partial charge in [-0.05, 0) is 38.3 Å². The smallest absolute Gasteiger partial charge is 0.240 e. The molecule has 1 saturated carbocycles. The fourth-order valence-electron chi connectivity index (χ4n) is 4.29. The van der Waals surface area contributed by atoms with Crippen LogP contribution in [-0.2, 0) is 4.79 Å². The van der Waals surface area contributed by atoms with E-state index in [2.05, 4.69) is 15.1 Å². The minimum atomic E-state index is 0.187. The lowest BCUT2D eigenvalue weighted by atomic mass is 9.87. The Balaban J connectivity index is 1.48. The van der Waals surface area contributed by atoms with Crippen LogP contribution in [-0.4, -0.2) is 61.0 Å². The summed E-state index contributed by atoms with van der Waals surface area (Å²) in [5, 5.41) is 3.33. The number of hydrogen-bond donors (Lipinski definition) is 1. The number of amides is 1. The lowest BCUT2D eigenvalue weighted by molar-refractivity contribution is -0.136. The van der Waals surface area contributed by atoms with Crippen molar-refractivity contribution in [3.05, 3.63) is 0 Å². The molecule has 0 bridgehead atoms. The van der Waals surface area contributed by atoms with Gasteiger partial charge in [0.25, 0.3) is 0 Å². The van der Waals surface area contributed by atoms with Crippen LogP contribution < -0.4 is 5.32 Å². The molecule has 2 saturated heterocycles. The molecule has 1 amide bonds. The molecule has 2 aliphatic heterocycles. The third-order valence-electron chi connectivity index (χ3n) is 5.63. The summed E-state index contributed by atoms with van der Waals surface area (Å²) < 4.78 is 0. The molecule has 120 valence electrons. The molecule has 4 nitrogen and oxygen atoms in total. The zero-order chi connectivity index (χ0) is 14.5. The molecule has 1 N–H and O–H groups in total. The van der Waals surface area contributed by atoms with Crippen LogP contribution in [0.15, 0.2) is 0 Å². The zero-order valence-corrected chi connectivity index (χ0v) is 13.4. The number of likely N-dealkylation sites (tertiary alicyclic amines) is 1. The van der Waals surface area contributed by atoms with Crippen LogP contribution in [0.2, 0.25) is 0 Å². The van der Waals surface area contributed by atoms with Gasteiger partial charge < -0.3 is 10.2 Å². The van der Waals surface area contributed by atoms with E-state index in [-0.39, 0.29) is 6.04 Å². The second-order valence-electron chi connectivity index (χ2n) is 7.06. The van der Waals surface area contributed by atoms with Crippen molar-refractivity contribution >= 4 is 5.91 Å². The van der Waals surface area contributed by atoms with E-state index >= 15 is 0 Å². The van der Waals surface area contributed by atoms with Gasteiger partial charge in [0.15, 0.2) is 0 Å². The Hall–Kier alpha value is -0.610. The highest BCUT2D eigenvalue weighted by atomic mass is 16.2. The second kappa shape index (κ2) is 7.59. The maximum atomic E-state index is 12.7. The van der Waals surface area contributed by atoms with E-state index in [0.717, 1.165) is 51.6 Å². The van der Waals surface area contributed by atoms with Gasteiger partial charge in [-0.2, -0.15) is 0 Å². The van der Waals surface area contributed by atoms with Crippen LogP contribution >= 0.6 is 0 Å². The van der Waals surface area contributed by atoms with Gasteiger partial charge >= 0.3 is 0 Å². The summed E-state index contributed by atoms with van der Waals surface area (Å²) in [5.74, 6) is 1.33. The van der Waals surface area contributed by atoms with E-state index in [0.29, 0.717) is 5.91 Å². The van der Waals surface area contributed by atoms with Crippen LogP contribution in [0, 0.1) is 5.92 Å². The van der Waals surface area contributed by atoms with Crippen LogP contribution in [0.5, 0.6) is 0 Å². The number of carbonyl (C=O) groups is 1. The monoisotopic (exact) mass is 293 g/mol. The third kappa shape index (κ3) is 3.98. The molecule has 1 atom stereocenters. The van der Waals surface area contributed by atoms with Crippen LogP contribution in [0.4, 0.5) is 0 Å². The Bertz CT molecular complexity index is 335. The van der Waals surface area contributed by atoms with Crippen molar-refractivity contribution in [3.8, 4) is 0 Å².